The van der Waals surface area contributed by atoms with Crippen LogP contribution in [0.4, 0.5) is 13.2 Å². The van der Waals surface area contributed by atoms with Gasteiger partial charge in [0.1, 0.15) is 16.5 Å². The summed E-state index contributed by atoms with van der Waals surface area (Å²) in [6, 6.07) is 10.6. The van der Waals surface area contributed by atoms with Gasteiger partial charge in [0, 0.05) is 11.8 Å². The third-order valence-electron chi connectivity index (χ3n) is 4.69. The molecule has 0 aliphatic carbocycles. The molecule has 4 N–H and O–H groups in total. The van der Waals surface area contributed by atoms with Crippen LogP contribution in [0.25, 0.3) is 0 Å². The number of nitrogens with two attached hydrogens (primary N) is 1. The lowest BCUT2D eigenvalue weighted by molar-refractivity contribution is -0.139. The van der Waals surface area contributed by atoms with Gasteiger partial charge in [-0.1, -0.05) is 12.1 Å². The Hall–Kier alpha value is -1.78. The first kappa shape index (κ1) is 31.4. The summed E-state index contributed by atoms with van der Waals surface area (Å²) in [5.41, 5.74) is 4.99. The summed E-state index contributed by atoms with van der Waals surface area (Å²) in [5.74, 6) is 0.522. The maximum absolute atomic E-state index is 13.7. The Bertz CT molecular complexity index is 1040. The van der Waals surface area contributed by atoms with Crippen molar-refractivity contribution in [2.75, 3.05) is 26.1 Å². The topological polar surface area (TPSA) is 119 Å². The fraction of sp³-hybridized carbons (Fsp3) is 0.391. The zero-order chi connectivity index (χ0) is 27.3. The lowest BCUT2D eigenvalue weighted by Crippen LogP contribution is -2.26. The molecule has 2 atom stereocenters. The molecule has 0 amide bonds. The molecule has 0 aromatic heterocycles. The Morgan fingerprint density at radius 1 is 1.14 bits per heavy atom. The zero-order valence-electron chi connectivity index (χ0n) is 20.1. The molecule has 2 aromatic carbocycles. The molecule has 14 heteroatoms. The largest absolute Gasteiger partial charge is 0.494 e. The van der Waals surface area contributed by atoms with Crippen LogP contribution in [0.15, 0.2) is 52.7 Å². The second-order valence-electron chi connectivity index (χ2n) is 7.62. The number of hydrogen-bond acceptors (Lipinski definition) is 9. The van der Waals surface area contributed by atoms with Gasteiger partial charge in [-0.3, -0.25) is 0 Å². The van der Waals surface area contributed by atoms with Crippen molar-refractivity contribution in [3.63, 3.8) is 0 Å². The van der Waals surface area contributed by atoms with Crippen LogP contribution in [-0.2, 0) is 10.7 Å². The summed E-state index contributed by atoms with van der Waals surface area (Å²) in [4.78, 5) is 17.4. The molecular formula is C23H30F3N3O5P2S. The number of nitrogens with zero attached hydrogens (tertiary/aromatic N) is 2. The number of ether oxygens (including phenoxy) is 2. The minimum Gasteiger partial charge on any atom is -0.494 e. The van der Waals surface area contributed by atoms with Crippen LogP contribution >= 0.6 is 29.6 Å². The van der Waals surface area contributed by atoms with E-state index >= 15 is 0 Å². The minimum absolute atomic E-state index is 0.140. The Morgan fingerprint density at radius 3 is 2.51 bits per heavy atom. The molecule has 0 aliphatic heterocycles. The molecule has 0 radical (unpaired) electrons. The van der Waals surface area contributed by atoms with E-state index in [4.69, 9.17) is 25.0 Å². The van der Waals surface area contributed by atoms with E-state index < -0.39 is 26.4 Å². The van der Waals surface area contributed by atoms with Crippen molar-refractivity contribution >= 4 is 46.2 Å². The van der Waals surface area contributed by atoms with E-state index in [2.05, 4.69) is 24.0 Å². The fourth-order valence-electron chi connectivity index (χ4n) is 2.95. The average Bonchev–Trinajstić information content (AvgIpc) is 2.84. The van der Waals surface area contributed by atoms with E-state index in [1.807, 2.05) is 24.3 Å². The second kappa shape index (κ2) is 16.2. The van der Waals surface area contributed by atoms with Gasteiger partial charge in [0.05, 0.1) is 31.4 Å². The van der Waals surface area contributed by atoms with E-state index in [1.165, 1.54) is 18.3 Å². The lowest BCUT2D eigenvalue weighted by Gasteiger charge is -2.15. The van der Waals surface area contributed by atoms with Crippen molar-refractivity contribution in [3.8, 4) is 11.5 Å². The molecule has 204 valence electrons. The molecule has 2 aromatic rings. The second-order valence-corrected chi connectivity index (χ2v) is 9.85. The number of thioether (sulfide) groups is 1. The van der Waals surface area contributed by atoms with Gasteiger partial charge in [0.15, 0.2) is 0 Å². The summed E-state index contributed by atoms with van der Waals surface area (Å²) < 4.78 is 56.9. The van der Waals surface area contributed by atoms with E-state index in [0.717, 1.165) is 41.7 Å². The highest BCUT2D eigenvalue weighted by molar-refractivity contribution is 8.13. The highest BCUT2D eigenvalue weighted by Gasteiger charge is 2.35. The molecule has 2 rings (SSSR count). The van der Waals surface area contributed by atoms with E-state index in [9.17, 15) is 13.2 Å². The quantitative estimate of drug-likeness (QED) is 0.0993. The minimum atomic E-state index is -4.62. The van der Waals surface area contributed by atoms with Crippen molar-refractivity contribution in [1.29, 1.82) is 0 Å². The summed E-state index contributed by atoms with van der Waals surface area (Å²) in [7, 11) is 0.0592. The highest BCUT2D eigenvalue weighted by atomic mass is 32.2. The van der Waals surface area contributed by atoms with E-state index in [0.29, 0.717) is 13.0 Å². The van der Waals surface area contributed by atoms with E-state index in [-0.39, 0.29) is 29.6 Å². The van der Waals surface area contributed by atoms with Crippen molar-refractivity contribution in [3.05, 3.63) is 53.6 Å². The molecule has 0 fully saturated rings. The number of alkyl halides is 3. The van der Waals surface area contributed by atoms with Crippen LogP contribution in [0.1, 0.15) is 30.4 Å². The summed E-state index contributed by atoms with van der Waals surface area (Å²) in [6.45, 7) is 0.453. The Labute approximate surface area is 221 Å². The zero-order valence-corrected chi connectivity index (χ0v) is 23.0. The van der Waals surface area contributed by atoms with Crippen LogP contribution < -0.4 is 20.5 Å². The lowest BCUT2D eigenvalue weighted by atomic mass is 10.1. The molecule has 0 saturated carbocycles. The predicted octanol–water partition coefficient (Wildman–Crippen LogP) is 4.48. The number of rotatable bonds is 14. The first-order valence-electron chi connectivity index (χ1n) is 11.1. The molecule has 37 heavy (non-hydrogen) atoms. The Kier molecular flexibility index (Phi) is 13.8. The van der Waals surface area contributed by atoms with E-state index in [1.54, 1.807) is 6.26 Å². The third-order valence-corrected chi connectivity index (χ3v) is 6.13. The molecule has 0 saturated heterocycles. The molecular weight excluding hydrogens is 549 g/mol. The normalized spacial score (nSPS) is 13.4. The number of halogens is 3. The molecule has 2 unspecified atom stereocenters. The van der Waals surface area contributed by atoms with Crippen LogP contribution in [0.3, 0.4) is 0 Å². The van der Waals surface area contributed by atoms with Crippen molar-refractivity contribution in [2.24, 2.45) is 15.9 Å². The van der Waals surface area contributed by atoms with Crippen molar-refractivity contribution < 1.29 is 37.0 Å². The molecule has 0 bridgehead atoms. The van der Waals surface area contributed by atoms with Gasteiger partial charge in [0.2, 0.25) is 0 Å². The summed E-state index contributed by atoms with van der Waals surface area (Å²) in [5, 5.41) is 8.97. The first-order valence-corrected chi connectivity index (χ1v) is 14.1. The molecule has 0 aliphatic rings. The Morgan fingerprint density at radius 2 is 1.86 bits per heavy atom. The average molecular weight is 580 g/mol. The van der Waals surface area contributed by atoms with Gasteiger partial charge in [-0.2, -0.15) is 18.3 Å². The number of unbranched alkanes of at least 4 members (excludes halogenated alkanes) is 2. The van der Waals surface area contributed by atoms with Crippen LogP contribution in [0.5, 0.6) is 11.5 Å². The molecule has 0 spiro atoms. The van der Waals surface area contributed by atoms with Gasteiger partial charge in [-0.15, -0.1) is 26.1 Å². The van der Waals surface area contributed by atoms with Crippen LogP contribution in [-0.4, -0.2) is 53.2 Å². The standard InChI is InChI=1S/C23H30F3N3O5P2S/c1-37-22(29-28-14-17(27)15-34-36(30)31)16-8-9-21(20(12-16)23(24,25)26)33-11-4-2-3-10-32-18-6-5-7-19(35)13-18/h5-9,12-14,17,30-31H,2-4,10-11,15,27,35H2,1H3/b28-14+,29-22-. The summed E-state index contributed by atoms with van der Waals surface area (Å²) in [6.07, 6.45) is 0.304. The monoisotopic (exact) mass is 579 g/mol. The Balaban J connectivity index is 1.93. The van der Waals surface area contributed by atoms with Gasteiger partial charge < -0.3 is 29.5 Å². The van der Waals surface area contributed by atoms with Crippen molar-refractivity contribution in [2.45, 2.75) is 31.5 Å². The van der Waals surface area contributed by atoms with Gasteiger partial charge >= 0.3 is 14.8 Å². The molecule has 0 heterocycles. The van der Waals surface area contributed by atoms with Gasteiger partial charge in [-0.05, 0) is 61.2 Å². The SMILES string of the molecule is CS/C(=N\N=C\C(N)COP(O)O)c1ccc(OCCCCCOc2cccc(P)c2)c(C(F)(F)F)c1. The highest BCUT2D eigenvalue weighted by Crippen LogP contribution is 2.37. The predicted molar refractivity (Wildman–Crippen MR) is 146 cm³/mol. The van der Waals surface area contributed by atoms with Crippen LogP contribution in [0.2, 0.25) is 0 Å². The number of hydrogen-bond donors (Lipinski definition) is 3. The van der Waals surface area contributed by atoms with Crippen LogP contribution in [0, 0.1) is 0 Å². The molecule has 8 nitrogen and oxygen atoms in total. The smallest absolute Gasteiger partial charge is 0.419 e. The summed E-state index contributed by atoms with van der Waals surface area (Å²) >= 11 is 1.11. The maximum Gasteiger partial charge on any atom is 0.419 e. The number of benzene rings is 2. The first-order chi connectivity index (χ1) is 17.6. The van der Waals surface area contributed by atoms with Crippen molar-refractivity contribution in [1.82, 2.24) is 0 Å². The maximum atomic E-state index is 13.7. The fourth-order valence-corrected chi connectivity index (χ4v) is 4.02. The van der Waals surface area contributed by atoms with Gasteiger partial charge in [0.25, 0.3) is 0 Å². The third kappa shape index (κ3) is 12.1. The van der Waals surface area contributed by atoms with Gasteiger partial charge in [-0.25, -0.2) is 0 Å².